The van der Waals surface area contributed by atoms with Gasteiger partial charge in [0.15, 0.2) is 0 Å². The SMILES string of the molecule is Oc1ccc(-c2c(-c3ccc(-c4cccnc4)cc3)c(-c3ccc(O)cc3)c(-c3ccc(-c4cccnc4)cc3)c(-c3ccc(O)cc3)c2-c2ccc(-c3cccnc3)cc2)cc1. The van der Waals surface area contributed by atoms with Gasteiger partial charge in [0.25, 0.3) is 0 Å². The van der Waals surface area contributed by atoms with Gasteiger partial charge < -0.3 is 15.3 Å². The molecule has 0 amide bonds. The molecule has 7 aromatic carbocycles. The number of phenols is 3. The lowest BCUT2D eigenvalue weighted by atomic mass is 9.74. The largest absolute Gasteiger partial charge is 0.508 e. The van der Waals surface area contributed by atoms with Gasteiger partial charge in [-0.2, -0.15) is 0 Å². The lowest BCUT2D eigenvalue weighted by Crippen LogP contribution is -2.02. The quantitative estimate of drug-likeness (QED) is 0.134. The van der Waals surface area contributed by atoms with E-state index in [-0.39, 0.29) is 17.2 Å². The zero-order chi connectivity index (χ0) is 42.7. The highest BCUT2D eigenvalue weighted by molar-refractivity contribution is 6.15. The highest BCUT2D eigenvalue weighted by atomic mass is 16.3. The Balaban J connectivity index is 1.38. The molecule has 0 spiro atoms. The van der Waals surface area contributed by atoms with Gasteiger partial charge in [-0.1, -0.05) is 127 Å². The Hall–Kier alpha value is -8.61. The molecule has 3 heterocycles. The molecule has 0 aliphatic heterocycles. The van der Waals surface area contributed by atoms with Crippen LogP contribution in [0.15, 0.2) is 219 Å². The molecule has 0 unspecified atom stereocenters. The van der Waals surface area contributed by atoms with Gasteiger partial charge in [-0.3, -0.25) is 15.0 Å². The highest BCUT2D eigenvalue weighted by Gasteiger charge is 2.29. The molecule has 0 radical (unpaired) electrons. The summed E-state index contributed by atoms with van der Waals surface area (Å²) in [7, 11) is 0. The van der Waals surface area contributed by atoms with Crippen LogP contribution >= 0.6 is 0 Å². The molecule has 6 heteroatoms. The van der Waals surface area contributed by atoms with Crippen molar-refractivity contribution in [2.45, 2.75) is 0 Å². The van der Waals surface area contributed by atoms with Crippen LogP contribution in [-0.4, -0.2) is 30.3 Å². The monoisotopic (exact) mass is 813 g/mol. The Morgan fingerprint density at radius 3 is 0.587 bits per heavy atom. The van der Waals surface area contributed by atoms with Crippen LogP contribution in [0.25, 0.3) is 100 Å². The zero-order valence-corrected chi connectivity index (χ0v) is 34.0. The first kappa shape index (κ1) is 38.6. The van der Waals surface area contributed by atoms with Gasteiger partial charge in [-0.05, 0) is 155 Å². The van der Waals surface area contributed by atoms with Crippen molar-refractivity contribution in [1.82, 2.24) is 15.0 Å². The van der Waals surface area contributed by atoms with E-state index in [1.165, 1.54) is 0 Å². The van der Waals surface area contributed by atoms with E-state index in [4.69, 9.17) is 0 Å². The molecule has 6 nitrogen and oxygen atoms in total. The van der Waals surface area contributed by atoms with Crippen molar-refractivity contribution in [1.29, 1.82) is 0 Å². The van der Waals surface area contributed by atoms with Crippen LogP contribution in [0.5, 0.6) is 17.2 Å². The van der Waals surface area contributed by atoms with E-state index in [1.54, 1.807) is 55.0 Å². The summed E-state index contributed by atoms with van der Waals surface area (Å²) in [6.07, 6.45) is 10.9. The van der Waals surface area contributed by atoms with Gasteiger partial charge in [-0.15, -0.1) is 0 Å². The normalized spacial score (nSPS) is 11.0. The summed E-state index contributed by atoms with van der Waals surface area (Å²) in [5.41, 5.74) is 17.4. The van der Waals surface area contributed by atoms with Gasteiger partial charge >= 0.3 is 0 Å². The Morgan fingerprint density at radius 1 is 0.206 bits per heavy atom. The molecular formula is C57H39N3O3. The average Bonchev–Trinajstić information content (AvgIpc) is 3.35. The number of aromatic nitrogens is 3. The van der Waals surface area contributed by atoms with E-state index < -0.39 is 0 Å². The van der Waals surface area contributed by atoms with E-state index in [0.717, 1.165) is 100 Å². The third-order valence-electron chi connectivity index (χ3n) is 11.5. The van der Waals surface area contributed by atoms with Gasteiger partial charge in [-0.25, -0.2) is 0 Å². The number of rotatable bonds is 9. The smallest absolute Gasteiger partial charge is 0.115 e. The Morgan fingerprint density at radius 2 is 0.397 bits per heavy atom. The van der Waals surface area contributed by atoms with E-state index in [1.807, 2.05) is 73.2 Å². The molecular weight excluding hydrogens is 775 g/mol. The predicted octanol–water partition coefficient (Wildman–Crippen LogP) is 14.0. The van der Waals surface area contributed by atoms with Crippen LogP contribution in [0.4, 0.5) is 0 Å². The lowest BCUT2D eigenvalue weighted by molar-refractivity contribution is 0.475. The minimum absolute atomic E-state index is 0.159. The lowest BCUT2D eigenvalue weighted by Gasteiger charge is -2.29. The second-order valence-corrected chi connectivity index (χ2v) is 15.3. The van der Waals surface area contributed by atoms with Crippen LogP contribution in [0.3, 0.4) is 0 Å². The Labute approximate surface area is 365 Å². The second-order valence-electron chi connectivity index (χ2n) is 15.3. The number of benzene rings is 7. The molecule has 63 heavy (non-hydrogen) atoms. The fraction of sp³-hybridized carbons (Fsp3) is 0. The molecule has 0 saturated carbocycles. The average molecular weight is 814 g/mol. The molecule has 10 rings (SSSR count). The van der Waals surface area contributed by atoms with Crippen LogP contribution in [0, 0.1) is 0 Å². The third kappa shape index (κ3) is 7.69. The molecule has 0 aliphatic carbocycles. The molecule has 10 aromatic rings. The summed E-state index contributed by atoms with van der Waals surface area (Å²) < 4.78 is 0. The zero-order valence-electron chi connectivity index (χ0n) is 34.0. The summed E-state index contributed by atoms with van der Waals surface area (Å²) in [4.78, 5) is 13.2. The molecule has 0 saturated heterocycles. The maximum atomic E-state index is 10.7. The second kappa shape index (κ2) is 16.8. The molecule has 0 fully saturated rings. The number of nitrogens with zero attached hydrogens (tertiary/aromatic N) is 3. The fourth-order valence-corrected chi connectivity index (χ4v) is 8.45. The topological polar surface area (TPSA) is 99.4 Å². The minimum atomic E-state index is 0.159. The first-order valence-electron chi connectivity index (χ1n) is 20.6. The van der Waals surface area contributed by atoms with E-state index in [0.29, 0.717) is 0 Å². The van der Waals surface area contributed by atoms with Gasteiger partial charge in [0.1, 0.15) is 17.2 Å². The van der Waals surface area contributed by atoms with Gasteiger partial charge in [0.05, 0.1) is 0 Å². The Bertz CT molecular complexity index is 2790. The number of pyridine rings is 3. The van der Waals surface area contributed by atoms with Crippen LogP contribution < -0.4 is 0 Å². The van der Waals surface area contributed by atoms with Crippen molar-refractivity contribution in [2.24, 2.45) is 0 Å². The molecule has 3 aromatic heterocycles. The predicted molar refractivity (Wildman–Crippen MR) is 254 cm³/mol. The molecule has 0 aliphatic rings. The van der Waals surface area contributed by atoms with Gasteiger partial charge in [0.2, 0.25) is 0 Å². The number of phenolic OH excluding ortho intramolecular Hbond substituents is 3. The van der Waals surface area contributed by atoms with Crippen LogP contribution in [0.1, 0.15) is 0 Å². The number of aromatic hydroxyl groups is 3. The van der Waals surface area contributed by atoms with E-state index >= 15 is 0 Å². The standard InChI is InChI=1S/C57H39N3O3/c61-49-25-19-43(20-26-49)55-52(40-13-7-37(8-14-40)46-4-1-31-58-34-46)56(44-21-27-50(62)28-22-44)54(42-17-11-39(12-18-42)48-6-3-33-60-36-48)57(45-23-29-51(63)30-24-45)53(55)41-15-9-38(10-16-41)47-5-2-32-59-35-47/h1-36,61-63H. The maximum Gasteiger partial charge on any atom is 0.115 e. The summed E-state index contributed by atoms with van der Waals surface area (Å²) in [5, 5.41) is 32.1. The maximum absolute atomic E-state index is 10.7. The summed E-state index contributed by atoms with van der Waals surface area (Å²) >= 11 is 0. The van der Waals surface area contributed by atoms with Crippen molar-refractivity contribution in [2.75, 3.05) is 0 Å². The first-order chi connectivity index (χ1) is 31.0. The van der Waals surface area contributed by atoms with Crippen molar-refractivity contribution in [3.63, 3.8) is 0 Å². The van der Waals surface area contributed by atoms with Crippen molar-refractivity contribution >= 4 is 0 Å². The molecule has 3 N–H and O–H groups in total. The van der Waals surface area contributed by atoms with Crippen molar-refractivity contribution < 1.29 is 15.3 Å². The van der Waals surface area contributed by atoms with Gasteiger partial charge in [0, 0.05) is 37.2 Å². The summed E-state index contributed by atoms with van der Waals surface area (Å²) in [6, 6.07) is 59.9. The van der Waals surface area contributed by atoms with E-state index in [9.17, 15) is 15.3 Å². The number of hydrogen-bond acceptors (Lipinski definition) is 6. The van der Waals surface area contributed by atoms with Crippen molar-refractivity contribution in [3.8, 4) is 117 Å². The first-order valence-corrected chi connectivity index (χ1v) is 20.6. The molecule has 0 atom stereocenters. The molecule has 300 valence electrons. The summed E-state index contributed by atoms with van der Waals surface area (Å²) in [5.74, 6) is 0.476. The Kier molecular flexibility index (Phi) is 10.3. The van der Waals surface area contributed by atoms with E-state index in [2.05, 4.69) is 106 Å². The highest BCUT2D eigenvalue weighted by Crippen LogP contribution is 2.56. The molecule has 0 bridgehead atoms. The van der Waals surface area contributed by atoms with Crippen molar-refractivity contribution in [3.05, 3.63) is 219 Å². The fourth-order valence-electron chi connectivity index (χ4n) is 8.45. The third-order valence-corrected chi connectivity index (χ3v) is 11.5. The summed E-state index contributed by atoms with van der Waals surface area (Å²) in [6.45, 7) is 0. The van der Waals surface area contributed by atoms with Crippen LogP contribution in [0.2, 0.25) is 0 Å². The minimum Gasteiger partial charge on any atom is -0.508 e. The number of hydrogen-bond donors (Lipinski definition) is 3. The van der Waals surface area contributed by atoms with Crippen LogP contribution in [-0.2, 0) is 0 Å².